The van der Waals surface area contributed by atoms with E-state index in [0.717, 1.165) is 26.1 Å². The molecule has 1 fully saturated rings. The van der Waals surface area contributed by atoms with E-state index >= 15 is 0 Å². The number of nitrogens with zero attached hydrogens (tertiary/aromatic N) is 1. The number of nitrogens with one attached hydrogen (secondary N) is 1. The second-order valence-electron chi connectivity index (χ2n) is 8.74. The van der Waals surface area contributed by atoms with Gasteiger partial charge >= 0.3 is 6.03 Å². The first-order valence-electron chi connectivity index (χ1n) is 12.2. The van der Waals surface area contributed by atoms with Crippen molar-refractivity contribution >= 4 is 57.1 Å². The van der Waals surface area contributed by atoms with Gasteiger partial charge in [0.15, 0.2) is 11.5 Å². The lowest BCUT2D eigenvalue weighted by Crippen LogP contribution is -2.54. The van der Waals surface area contributed by atoms with E-state index in [-0.39, 0.29) is 11.3 Å². The lowest BCUT2D eigenvalue weighted by Gasteiger charge is -2.26. The fraction of sp³-hybridized carbons (Fsp3) is 0.167. The molecular formula is C30H26BrClN2O5. The van der Waals surface area contributed by atoms with E-state index in [0.29, 0.717) is 41.7 Å². The van der Waals surface area contributed by atoms with Gasteiger partial charge in [0.05, 0.1) is 12.3 Å². The Kier molecular flexibility index (Phi) is 8.89. The molecule has 0 atom stereocenters. The van der Waals surface area contributed by atoms with Crippen molar-refractivity contribution in [3.05, 3.63) is 105 Å². The molecule has 200 valence electrons. The van der Waals surface area contributed by atoms with Gasteiger partial charge in [-0.1, -0.05) is 51.8 Å². The number of aryl methyl sites for hydroxylation is 1. The maximum Gasteiger partial charge on any atom is 0.335 e. The van der Waals surface area contributed by atoms with Crippen LogP contribution in [0.5, 0.6) is 11.5 Å². The monoisotopic (exact) mass is 608 g/mol. The molecule has 0 unspecified atom stereocenters. The van der Waals surface area contributed by atoms with E-state index in [1.54, 1.807) is 30.3 Å². The number of amides is 4. The first-order valence-corrected chi connectivity index (χ1v) is 13.3. The summed E-state index contributed by atoms with van der Waals surface area (Å²) in [6.45, 7) is 8.19. The molecule has 9 heteroatoms. The molecule has 0 radical (unpaired) electrons. The summed E-state index contributed by atoms with van der Waals surface area (Å²) < 4.78 is 13.0. The second-order valence-corrected chi connectivity index (χ2v) is 10.1. The molecule has 4 rings (SSSR count). The van der Waals surface area contributed by atoms with Crippen LogP contribution in [0.1, 0.15) is 29.2 Å². The molecule has 7 nitrogen and oxygen atoms in total. The minimum absolute atomic E-state index is 0.207. The Morgan fingerprint density at radius 2 is 1.79 bits per heavy atom. The topological polar surface area (TPSA) is 84.9 Å². The molecule has 0 aromatic heterocycles. The number of benzene rings is 3. The zero-order chi connectivity index (χ0) is 28.1. The number of allylic oxidation sites excluding steroid dienone is 1. The van der Waals surface area contributed by atoms with Gasteiger partial charge in [-0.25, -0.2) is 9.69 Å². The second kappa shape index (κ2) is 12.3. The van der Waals surface area contributed by atoms with Crippen LogP contribution in [0, 0.1) is 6.92 Å². The average Bonchev–Trinajstić information content (AvgIpc) is 2.89. The molecule has 0 aliphatic carbocycles. The maximum absolute atomic E-state index is 13.4. The van der Waals surface area contributed by atoms with Gasteiger partial charge in [-0.05, 0) is 79.4 Å². The number of rotatable bonds is 9. The summed E-state index contributed by atoms with van der Waals surface area (Å²) in [6.07, 6.45) is 3.62. The number of hydrogen-bond acceptors (Lipinski definition) is 5. The summed E-state index contributed by atoms with van der Waals surface area (Å²) >= 11 is 9.65. The van der Waals surface area contributed by atoms with E-state index in [9.17, 15) is 14.4 Å². The van der Waals surface area contributed by atoms with Gasteiger partial charge in [0, 0.05) is 15.1 Å². The van der Waals surface area contributed by atoms with Crippen molar-refractivity contribution in [3.63, 3.8) is 0 Å². The van der Waals surface area contributed by atoms with E-state index in [1.807, 2.05) is 38.1 Å². The van der Waals surface area contributed by atoms with Crippen LogP contribution < -0.4 is 19.7 Å². The molecule has 1 aliphatic heterocycles. The molecule has 1 N–H and O–H groups in total. The van der Waals surface area contributed by atoms with Gasteiger partial charge in [0.1, 0.15) is 12.2 Å². The smallest absolute Gasteiger partial charge is 0.335 e. The number of carbonyl (C=O) groups is 3. The molecule has 3 aromatic rings. The highest BCUT2D eigenvalue weighted by Gasteiger charge is 2.37. The molecule has 39 heavy (non-hydrogen) atoms. The molecule has 4 amide bonds. The van der Waals surface area contributed by atoms with Crippen molar-refractivity contribution < 1.29 is 23.9 Å². The van der Waals surface area contributed by atoms with E-state index in [2.05, 4.69) is 27.8 Å². The Hall–Kier alpha value is -3.88. The molecule has 1 saturated heterocycles. The van der Waals surface area contributed by atoms with Crippen molar-refractivity contribution in [3.8, 4) is 11.5 Å². The van der Waals surface area contributed by atoms with Crippen LogP contribution in [0.25, 0.3) is 6.08 Å². The van der Waals surface area contributed by atoms with Gasteiger partial charge in [-0.2, -0.15) is 0 Å². The quantitative estimate of drug-likeness (QED) is 0.164. The van der Waals surface area contributed by atoms with Gasteiger partial charge in [-0.3, -0.25) is 14.9 Å². The molecule has 0 bridgehead atoms. The zero-order valence-corrected chi connectivity index (χ0v) is 23.8. The van der Waals surface area contributed by atoms with Crippen LogP contribution in [0.4, 0.5) is 10.5 Å². The molecule has 0 spiro atoms. The number of ether oxygens (including phenoxy) is 2. The number of anilines is 1. The Morgan fingerprint density at radius 3 is 2.46 bits per heavy atom. The first kappa shape index (κ1) is 28.1. The number of urea groups is 1. The Bertz CT molecular complexity index is 1480. The lowest BCUT2D eigenvalue weighted by molar-refractivity contribution is -0.122. The van der Waals surface area contributed by atoms with Gasteiger partial charge in [0.2, 0.25) is 0 Å². The third-order valence-corrected chi connectivity index (χ3v) is 6.88. The fourth-order valence-corrected chi connectivity index (χ4v) is 4.46. The van der Waals surface area contributed by atoms with Crippen LogP contribution >= 0.6 is 27.5 Å². The lowest BCUT2D eigenvalue weighted by atomic mass is 10.0. The van der Waals surface area contributed by atoms with Crippen LogP contribution in [0.3, 0.4) is 0 Å². The van der Waals surface area contributed by atoms with Crippen LogP contribution in [0.2, 0.25) is 5.02 Å². The number of hydrogen-bond donors (Lipinski definition) is 1. The molecule has 1 aliphatic rings. The predicted molar refractivity (Wildman–Crippen MR) is 155 cm³/mol. The van der Waals surface area contributed by atoms with Crippen molar-refractivity contribution in [2.75, 3.05) is 11.5 Å². The minimum Gasteiger partial charge on any atom is -0.490 e. The Morgan fingerprint density at radius 1 is 1.05 bits per heavy atom. The highest BCUT2D eigenvalue weighted by atomic mass is 79.9. The van der Waals surface area contributed by atoms with Crippen molar-refractivity contribution in [2.24, 2.45) is 0 Å². The summed E-state index contributed by atoms with van der Waals surface area (Å²) in [5.74, 6) is -0.546. The van der Waals surface area contributed by atoms with Gasteiger partial charge < -0.3 is 9.47 Å². The summed E-state index contributed by atoms with van der Waals surface area (Å²) in [7, 11) is 0. The zero-order valence-electron chi connectivity index (χ0n) is 21.4. The van der Waals surface area contributed by atoms with E-state index in [1.165, 1.54) is 12.1 Å². The van der Waals surface area contributed by atoms with Gasteiger partial charge in [0.25, 0.3) is 11.8 Å². The average molecular weight is 610 g/mol. The highest BCUT2D eigenvalue weighted by molar-refractivity contribution is 9.10. The van der Waals surface area contributed by atoms with Crippen LogP contribution in [0.15, 0.2) is 77.3 Å². The summed E-state index contributed by atoms with van der Waals surface area (Å²) in [5, 5.41) is 2.63. The molecular weight excluding hydrogens is 584 g/mol. The van der Waals surface area contributed by atoms with Crippen molar-refractivity contribution in [1.82, 2.24) is 5.32 Å². The highest BCUT2D eigenvalue weighted by Crippen LogP contribution is 2.36. The fourth-order valence-electron chi connectivity index (χ4n) is 4.02. The normalized spacial score (nSPS) is 14.4. The Labute approximate surface area is 240 Å². The molecule has 3 aromatic carbocycles. The van der Waals surface area contributed by atoms with Crippen molar-refractivity contribution in [2.45, 2.75) is 26.9 Å². The maximum atomic E-state index is 13.4. The minimum atomic E-state index is -0.846. The number of imide groups is 2. The van der Waals surface area contributed by atoms with Crippen LogP contribution in [-0.4, -0.2) is 24.5 Å². The van der Waals surface area contributed by atoms with Crippen molar-refractivity contribution in [1.29, 1.82) is 0 Å². The Balaban J connectivity index is 1.72. The van der Waals surface area contributed by atoms with E-state index in [4.69, 9.17) is 21.1 Å². The van der Waals surface area contributed by atoms with Crippen LogP contribution in [-0.2, 0) is 22.6 Å². The number of carbonyl (C=O) groups excluding carboxylic acids is 3. The standard InChI is InChI=1S/C30H26BrClN2O5/c1-4-6-21-13-20(15-26(38-5-2)27(21)39-17-19-8-10-22(31)11-9-19)14-24-28(35)33-30(37)34(29(24)36)23-12-7-18(3)25(32)16-23/h4,7-16H,1,5-6,17H2,2-3H3,(H,33,35,37)/b24-14-. The summed E-state index contributed by atoms with van der Waals surface area (Å²) in [5.41, 5.74) is 3.11. The SMILES string of the molecule is C=CCc1cc(/C=C2/C(=O)NC(=O)N(c3ccc(C)c(Cl)c3)C2=O)cc(OCC)c1OCc1ccc(Br)cc1. The summed E-state index contributed by atoms with van der Waals surface area (Å²) in [4.78, 5) is 39.6. The third kappa shape index (κ3) is 6.41. The number of halogens is 2. The number of barbiturate groups is 1. The molecule has 0 saturated carbocycles. The van der Waals surface area contributed by atoms with E-state index < -0.39 is 17.8 Å². The van der Waals surface area contributed by atoms with Gasteiger partial charge in [-0.15, -0.1) is 6.58 Å². The predicted octanol–water partition coefficient (Wildman–Crippen LogP) is 6.78. The summed E-state index contributed by atoms with van der Waals surface area (Å²) in [6, 6.07) is 15.2. The largest absolute Gasteiger partial charge is 0.490 e. The third-order valence-electron chi connectivity index (χ3n) is 5.94. The molecule has 1 heterocycles. The first-order chi connectivity index (χ1) is 18.7.